The zero-order valence-corrected chi connectivity index (χ0v) is 9.81. The van der Waals surface area contributed by atoms with Gasteiger partial charge >= 0.3 is 0 Å². The second kappa shape index (κ2) is 3.88. The molecular weight excluding hydrogens is 171 g/mol. The lowest BCUT2D eigenvalue weighted by molar-refractivity contribution is 0.138. The third kappa shape index (κ3) is 3.68. The van der Waals surface area contributed by atoms with Crippen LogP contribution in [0.3, 0.4) is 0 Å². The molecule has 0 spiro atoms. The number of nitrogens with two attached hydrogens (primary N) is 1. The van der Waals surface area contributed by atoms with Gasteiger partial charge < -0.3 is 0 Å². The minimum Gasteiger partial charge on any atom is -0.281 e. The van der Waals surface area contributed by atoms with E-state index >= 15 is 0 Å². The molecule has 0 fully saturated rings. The lowest BCUT2D eigenvalue weighted by atomic mass is 10.6. The first-order valence-corrected chi connectivity index (χ1v) is 7.01. The maximum absolute atomic E-state index is 6.00. The van der Waals surface area contributed by atoms with E-state index in [4.69, 9.17) is 5.73 Å². The van der Waals surface area contributed by atoms with E-state index in [1.807, 2.05) is 26.0 Å². The van der Waals surface area contributed by atoms with Crippen molar-refractivity contribution in [2.24, 2.45) is 10.5 Å². The van der Waals surface area contributed by atoms with Crippen LogP contribution in [0.4, 0.5) is 0 Å². The van der Waals surface area contributed by atoms with Crippen LogP contribution < -0.4 is 11.1 Å². The molecule has 0 radical (unpaired) electrons. The molecule has 0 aromatic heterocycles. The van der Waals surface area contributed by atoms with E-state index < -0.39 is 13.0 Å². The summed E-state index contributed by atoms with van der Waals surface area (Å²) < 4.78 is 4.56. The molecule has 74 valence electrons. The molecule has 5 heteroatoms. The fraction of sp³-hybridized carbons (Fsp3) is 1.00. The smallest absolute Gasteiger partial charge is 0.220 e. The maximum atomic E-state index is 6.00. The number of hydrogen-bond donors (Lipinski definition) is 2. The van der Waals surface area contributed by atoms with Crippen LogP contribution in [-0.4, -0.2) is 51.9 Å². The van der Waals surface area contributed by atoms with Crippen molar-refractivity contribution in [1.29, 1.82) is 0 Å². The SMILES string of the molecule is CNC(N)(N=P(C)(C)C)N(C)C. The Morgan fingerprint density at radius 3 is 1.83 bits per heavy atom. The van der Waals surface area contributed by atoms with Crippen LogP contribution in [0.2, 0.25) is 0 Å². The Morgan fingerprint density at radius 1 is 1.33 bits per heavy atom. The standard InChI is InChI=1S/C7H21N4P/c1-9-7(8,11(2)3)10-12(4,5)6/h9H,8H2,1-6H3. The molecule has 0 amide bonds. The van der Waals surface area contributed by atoms with Crippen molar-refractivity contribution in [2.75, 3.05) is 41.1 Å². The highest BCUT2D eigenvalue weighted by Crippen LogP contribution is 2.37. The first-order chi connectivity index (χ1) is 5.21. The largest absolute Gasteiger partial charge is 0.281 e. The van der Waals surface area contributed by atoms with Gasteiger partial charge in [0.25, 0.3) is 0 Å². The normalized spacial score (nSPS) is 17.7. The van der Waals surface area contributed by atoms with Gasteiger partial charge in [0.05, 0.1) is 0 Å². The molecule has 4 nitrogen and oxygen atoms in total. The van der Waals surface area contributed by atoms with Crippen molar-refractivity contribution < 1.29 is 0 Å². The lowest BCUT2D eigenvalue weighted by Gasteiger charge is -2.33. The molecule has 0 aromatic rings. The molecule has 12 heavy (non-hydrogen) atoms. The Labute approximate surface area is 75.6 Å². The summed E-state index contributed by atoms with van der Waals surface area (Å²) in [5.41, 5.74) is 6.00. The molecule has 0 aliphatic rings. The Balaban J connectivity index is 4.80. The quantitative estimate of drug-likeness (QED) is 0.503. The first-order valence-electron chi connectivity index (χ1n) is 3.92. The Hall–Kier alpha value is 0.110. The van der Waals surface area contributed by atoms with Crippen LogP contribution in [0.25, 0.3) is 0 Å². The third-order valence-corrected chi connectivity index (χ3v) is 2.41. The van der Waals surface area contributed by atoms with Gasteiger partial charge in [-0.25, -0.2) is 0 Å². The van der Waals surface area contributed by atoms with Gasteiger partial charge in [-0.05, 0) is 48.2 Å². The summed E-state index contributed by atoms with van der Waals surface area (Å²) in [6.45, 7) is 6.40. The molecule has 0 aliphatic heterocycles. The van der Waals surface area contributed by atoms with Crippen molar-refractivity contribution in [1.82, 2.24) is 10.2 Å². The summed E-state index contributed by atoms with van der Waals surface area (Å²) in [5, 5.41) is 3.00. The number of nitrogens with zero attached hydrogens (tertiary/aromatic N) is 2. The zero-order valence-electron chi connectivity index (χ0n) is 8.92. The highest BCUT2D eigenvalue weighted by molar-refractivity contribution is 7.64. The number of rotatable bonds is 3. The van der Waals surface area contributed by atoms with Gasteiger partial charge in [0, 0.05) is 0 Å². The predicted octanol–water partition coefficient (Wildman–Crippen LogP) is 0.428. The summed E-state index contributed by atoms with van der Waals surface area (Å²) in [5.74, 6) is -0.716. The van der Waals surface area contributed by atoms with Gasteiger partial charge in [0.2, 0.25) is 5.91 Å². The lowest BCUT2D eigenvalue weighted by Crippen LogP contribution is -2.60. The Kier molecular flexibility index (Phi) is 3.91. The van der Waals surface area contributed by atoms with Crippen molar-refractivity contribution in [3.05, 3.63) is 0 Å². The molecule has 0 aromatic carbocycles. The van der Waals surface area contributed by atoms with E-state index in [1.54, 1.807) is 0 Å². The van der Waals surface area contributed by atoms with Crippen LogP contribution in [0, 0.1) is 0 Å². The molecule has 0 bridgehead atoms. The highest BCUT2D eigenvalue weighted by Gasteiger charge is 2.24. The van der Waals surface area contributed by atoms with E-state index in [-0.39, 0.29) is 0 Å². The van der Waals surface area contributed by atoms with Crippen LogP contribution in [0.15, 0.2) is 4.74 Å². The van der Waals surface area contributed by atoms with Crippen LogP contribution >= 0.6 is 7.05 Å². The van der Waals surface area contributed by atoms with Crippen LogP contribution in [0.1, 0.15) is 0 Å². The van der Waals surface area contributed by atoms with Crippen molar-refractivity contribution >= 4 is 7.05 Å². The van der Waals surface area contributed by atoms with Crippen molar-refractivity contribution in [3.8, 4) is 0 Å². The van der Waals surface area contributed by atoms with Crippen molar-refractivity contribution in [3.63, 3.8) is 0 Å². The summed E-state index contributed by atoms with van der Waals surface area (Å²) in [7, 11) is 4.43. The highest BCUT2D eigenvalue weighted by atomic mass is 31.2. The third-order valence-electron chi connectivity index (χ3n) is 1.50. The zero-order chi connectivity index (χ0) is 9.99. The van der Waals surface area contributed by atoms with Gasteiger partial charge in [-0.15, -0.1) is 0 Å². The Morgan fingerprint density at radius 2 is 1.75 bits per heavy atom. The second-order valence-electron chi connectivity index (χ2n) is 3.91. The van der Waals surface area contributed by atoms with E-state index in [9.17, 15) is 0 Å². The van der Waals surface area contributed by atoms with E-state index in [0.29, 0.717) is 0 Å². The average Bonchev–Trinajstić information content (AvgIpc) is 1.83. The summed E-state index contributed by atoms with van der Waals surface area (Å²) in [4.78, 5) is 1.87. The molecule has 0 heterocycles. The van der Waals surface area contributed by atoms with Crippen molar-refractivity contribution in [2.45, 2.75) is 5.91 Å². The van der Waals surface area contributed by atoms with Gasteiger partial charge in [0.15, 0.2) is 0 Å². The number of nitrogens with one attached hydrogen (secondary N) is 1. The minimum absolute atomic E-state index is 0.716. The molecular formula is C7H21N4P. The Bertz CT molecular complexity index is 187. The fourth-order valence-corrected chi connectivity index (χ4v) is 2.01. The number of hydrogen-bond acceptors (Lipinski definition) is 4. The second-order valence-corrected chi connectivity index (χ2v) is 8.00. The molecule has 0 saturated heterocycles. The fourth-order valence-electron chi connectivity index (χ4n) is 0.820. The van der Waals surface area contributed by atoms with Crippen LogP contribution in [-0.2, 0) is 0 Å². The molecule has 0 saturated carbocycles. The molecule has 0 rings (SSSR count). The van der Waals surface area contributed by atoms with E-state index in [2.05, 4.69) is 30.1 Å². The molecule has 3 N–H and O–H groups in total. The minimum atomic E-state index is -1.21. The van der Waals surface area contributed by atoms with Crippen LogP contribution in [0.5, 0.6) is 0 Å². The summed E-state index contributed by atoms with van der Waals surface area (Å²) in [6.07, 6.45) is 0. The summed E-state index contributed by atoms with van der Waals surface area (Å²) >= 11 is 0. The van der Waals surface area contributed by atoms with Gasteiger partial charge in [0.1, 0.15) is 0 Å². The van der Waals surface area contributed by atoms with Gasteiger partial charge in [-0.3, -0.25) is 20.7 Å². The van der Waals surface area contributed by atoms with E-state index in [1.165, 1.54) is 0 Å². The summed E-state index contributed by atoms with van der Waals surface area (Å²) in [6, 6.07) is 0. The predicted molar refractivity (Wildman–Crippen MR) is 56.8 cm³/mol. The van der Waals surface area contributed by atoms with E-state index in [0.717, 1.165) is 0 Å². The maximum Gasteiger partial charge on any atom is 0.220 e. The van der Waals surface area contributed by atoms with Gasteiger partial charge in [-0.2, -0.15) is 0 Å². The molecule has 1 unspecified atom stereocenters. The van der Waals surface area contributed by atoms with Gasteiger partial charge in [-0.1, -0.05) is 0 Å². The monoisotopic (exact) mass is 192 g/mol. The molecule has 1 atom stereocenters. The average molecular weight is 192 g/mol. The molecule has 0 aliphatic carbocycles. The first kappa shape index (κ1) is 12.1. The topological polar surface area (TPSA) is 53.6 Å².